The molecule has 0 atom stereocenters. The second-order valence-electron chi connectivity index (χ2n) is 1.73. The molecule has 0 radical (unpaired) electrons. The summed E-state index contributed by atoms with van der Waals surface area (Å²) in [6, 6.07) is 0. The Morgan fingerprint density at radius 3 is 1.00 bits per heavy atom. The van der Waals surface area contributed by atoms with E-state index in [1.165, 1.54) is 0 Å². The highest BCUT2D eigenvalue weighted by atomic mass is 15.0. The molecule has 0 amide bonds. The molecule has 0 aromatic carbocycles. The SMILES string of the molecule is CC(C)C.NN. The van der Waals surface area contributed by atoms with Gasteiger partial charge in [0.15, 0.2) is 0 Å². The molecular weight excluding hydrogens is 76.1 g/mol. The molecule has 6 heavy (non-hydrogen) atoms. The molecule has 2 heteroatoms. The van der Waals surface area contributed by atoms with E-state index in [0.717, 1.165) is 5.92 Å². The number of hydrogen-bond acceptors (Lipinski definition) is 2. The normalized spacial score (nSPS) is 7.00. The topological polar surface area (TPSA) is 52.0 Å². The zero-order valence-corrected chi connectivity index (χ0v) is 4.73. The summed E-state index contributed by atoms with van der Waals surface area (Å²) in [4.78, 5) is 0. The molecule has 0 aliphatic heterocycles. The van der Waals surface area contributed by atoms with E-state index in [1.54, 1.807) is 0 Å². The summed E-state index contributed by atoms with van der Waals surface area (Å²) in [6.45, 7) is 6.50. The fraction of sp³-hybridized carbons (Fsp3) is 1.00. The van der Waals surface area contributed by atoms with Gasteiger partial charge in [-0.25, -0.2) is 0 Å². The van der Waals surface area contributed by atoms with Gasteiger partial charge in [0.25, 0.3) is 0 Å². The molecule has 0 aromatic heterocycles. The van der Waals surface area contributed by atoms with Crippen LogP contribution in [0.3, 0.4) is 0 Å². The Hall–Kier alpha value is -0.0800. The highest BCUT2D eigenvalue weighted by molar-refractivity contribution is 4.20. The lowest BCUT2D eigenvalue weighted by Gasteiger charge is -1.79. The van der Waals surface area contributed by atoms with Crippen molar-refractivity contribution in [1.82, 2.24) is 0 Å². The van der Waals surface area contributed by atoms with Crippen LogP contribution in [0.1, 0.15) is 20.8 Å². The average molecular weight is 90.2 g/mol. The zero-order valence-electron chi connectivity index (χ0n) is 4.73. The number of hydrogen-bond donors (Lipinski definition) is 2. The van der Waals surface area contributed by atoms with E-state index in [2.05, 4.69) is 32.5 Å². The molecule has 0 saturated heterocycles. The zero-order chi connectivity index (χ0) is 5.58. The first-order chi connectivity index (χ1) is 2.73. The Kier molecular flexibility index (Phi) is 13.8. The van der Waals surface area contributed by atoms with E-state index in [-0.39, 0.29) is 0 Å². The van der Waals surface area contributed by atoms with Crippen LogP contribution in [0.15, 0.2) is 0 Å². The van der Waals surface area contributed by atoms with Gasteiger partial charge in [-0.1, -0.05) is 20.8 Å². The van der Waals surface area contributed by atoms with Gasteiger partial charge in [0.05, 0.1) is 0 Å². The Balaban J connectivity index is 0. The minimum Gasteiger partial charge on any atom is -0.274 e. The summed E-state index contributed by atoms with van der Waals surface area (Å²) < 4.78 is 0. The van der Waals surface area contributed by atoms with Crippen LogP contribution in [-0.2, 0) is 0 Å². The van der Waals surface area contributed by atoms with Crippen LogP contribution >= 0.6 is 0 Å². The predicted molar refractivity (Wildman–Crippen MR) is 28.9 cm³/mol. The van der Waals surface area contributed by atoms with Gasteiger partial charge >= 0.3 is 0 Å². The number of hydrazine groups is 1. The van der Waals surface area contributed by atoms with E-state index >= 15 is 0 Å². The maximum atomic E-state index is 4.00. The number of rotatable bonds is 0. The van der Waals surface area contributed by atoms with E-state index in [4.69, 9.17) is 0 Å². The maximum Gasteiger partial charge on any atom is -0.0500 e. The molecular formula is C4H14N2. The highest BCUT2D eigenvalue weighted by Crippen LogP contribution is 1.81. The van der Waals surface area contributed by atoms with Crippen LogP contribution in [0.25, 0.3) is 0 Å². The fourth-order valence-corrected chi connectivity index (χ4v) is 0. The molecule has 0 aliphatic rings. The van der Waals surface area contributed by atoms with Gasteiger partial charge in [0.1, 0.15) is 0 Å². The van der Waals surface area contributed by atoms with E-state index in [0.29, 0.717) is 0 Å². The van der Waals surface area contributed by atoms with Crippen LogP contribution in [-0.4, -0.2) is 0 Å². The molecule has 0 saturated carbocycles. The second-order valence-corrected chi connectivity index (χ2v) is 1.73. The molecule has 4 N–H and O–H groups in total. The lowest BCUT2D eigenvalue weighted by atomic mass is 10.3. The molecule has 0 unspecified atom stereocenters. The molecule has 0 heterocycles. The predicted octanol–water partition coefficient (Wildman–Crippen LogP) is 0.481. The molecule has 0 spiro atoms. The van der Waals surface area contributed by atoms with E-state index in [1.807, 2.05) is 0 Å². The van der Waals surface area contributed by atoms with Crippen molar-refractivity contribution in [3.63, 3.8) is 0 Å². The monoisotopic (exact) mass is 90.1 g/mol. The minimum absolute atomic E-state index is 0.833. The summed E-state index contributed by atoms with van der Waals surface area (Å²) in [5.74, 6) is 8.83. The Labute approximate surface area is 39.5 Å². The summed E-state index contributed by atoms with van der Waals surface area (Å²) in [6.07, 6.45) is 0. The van der Waals surface area contributed by atoms with Gasteiger partial charge < -0.3 is 0 Å². The first kappa shape index (κ1) is 9.33. The molecule has 40 valence electrons. The van der Waals surface area contributed by atoms with E-state index < -0.39 is 0 Å². The second kappa shape index (κ2) is 8.87. The maximum absolute atomic E-state index is 4.00. The first-order valence-electron chi connectivity index (χ1n) is 2.07. The summed E-state index contributed by atoms with van der Waals surface area (Å²) in [5, 5.41) is 0. The van der Waals surface area contributed by atoms with Crippen LogP contribution in [0.5, 0.6) is 0 Å². The Morgan fingerprint density at radius 1 is 1.00 bits per heavy atom. The fourth-order valence-electron chi connectivity index (χ4n) is 0. The number of nitrogens with two attached hydrogens (primary N) is 2. The summed E-state index contributed by atoms with van der Waals surface area (Å²) in [5.41, 5.74) is 0. The van der Waals surface area contributed by atoms with Crippen molar-refractivity contribution in [1.29, 1.82) is 0 Å². The van der Waals surface area contributed by atoms with Crippen molar-refractivity contribution >= 4 is 0 Å². The third-order valence-electron chi connectivity index (χ3n) is 0. The first-order valence-corrected chi connectivity index (χ1v) is 2.07. The van der Waals surface area contributed by atoms with Crippen molar-refractivity contribution in [2.45, 2.75) is 20.8 Å². The summed E-state index contributed by atoms with van der Waals surface area (Å²) >= 11 is 0. The smallest absolute Gasteiger partial charge is 0.0500 e. The largest absolute Gasteiger partial charge is 0.274 e. The molecule has 0 aromatic rings. The third-order valence-corrected chi connectivity index (χ3v) is 0. The standard InChI is InChI=1S/C4H10.H4N2/c1-4(2)3;1-2/h4H,1-3H3;1-2H2. The van der Waals surface area contributed by atoms with Crippen molar-refractivity contribution in [3.05, 3.63) is 0 Å². The van der Waals surface area contributed by atoms with Gasteiger partial charge in [0.2, 0.25) is 0 Å². The quantitative estimate of drug-likeness (QED) is 0.336. The van der Waals surface area contributed by atoms with Crippen LogP contribution in [0, 0.1) is 5.92 Å². The minimum atomic E-state index is 0.833. The van der Waals surface area contributed by atoms with Gasteiger partial charge in [-0.05, 0) is 5.92 Å². The van der Waals surface area contributed by atoms with Crippen molar-refractivity contribution in [3.8, 4) is 0 Å². The van der Waals surface area contributed by atoms with Crippen molar-refractivity contribution < 1.29 is 0 Å². The van der Waals surface area contributed by atoms with Gasteiger partial charge in [0, 0.05) is 0 Å². The molecule has 0 fully saturated rings. The third kappa shape index (κ3) is 5220. The van der Waals surface area contributed by atoms with Gasteiger partial charge in [-0.3, -0.25) is 11.7 Å². The molecule has 0 aliphatic carbocycles. The Morgan fingerprint density at radius 2 is 1.00 bits per heavy atom. The average Bonchev–Trinajstić information content (AvgIpc) is 1.41. The van der Waals surface area contributed by atoms with Gasteiger partial charge in [-0.15, -0.1) is 0 Å². The summed E-state index contributed by atoms with van der Waals surface area (Å²) in [7, 11) is 0. The van der Waals surface area contributed by atoms with Crippen LogP contribution in [0.4, 0.5) is 0 Å². The van der Waals surface area contributed by atoms with E-state index in [9.17, 15) is 0 Å². The molecule has 0 rings (SSSR count). The molecule has 0 bridgehead atoms. The van der Waals surface area contributed by atoms with Crippen LogP contribution < -0.4 is 11.7 Å². The lowest BCUT2D eigenvalue weighted by Crippen LogP contribution is -2.02. The lowest BCUT2D eigenvalue weighted by molar-refractivity contribution is 0.737. The van der Waals surface area contributed by atoms with Gasteiger partial charge in [-0.2, -0.15) is 0 Å². The highest BCUT2D eigenvalue weighted by Gasteiger charge is 1.68. The van der Waals surface area contributed by atoms with Crippen molar-refractivity contribution in [2.24, 2.45) is 17.6 Å². The molecule has 2 nitrogen and oxygen atoms in total. The Bertz CT molecular complexity index is 10.3. The van der Waals surface area contributed by atoms with Crippen LogP contribution in [0.2, 0.25) is 0 Å². The van der Waals surface area contributed by atoms with Crippen molar-refractivity contribution in [2.75, 3.05) is 0 Å².